The van der Waals surface area contributed by atoms with Gasteiger partial charge in [-0.15, -0.1) is 11.6 Å². The number of nitrogens with one attached hydrogen (secondary N) is 1. The molecule has 0 radical (unpaired) electrons. The highest BCUT2D eigenvalue weighted by molar-refractivity contribution is 9.10. The van der Waals surface area contributed by atoms with Crippen molar-refractivity contribution in [2.45, 2.75) is 26.3 Å². The summed E-state index contributed by atoms with van der Waals surface area (Å²) in [4.78, 5) is 0. The molecule has 5 heteroatoms. The fourth-order valence-electron chi connectivity index (χ4n) is 1.42. The number of hydrogen-bond acceptors (Lipinski definition) is 2. The lowest BCUT2D eigenvalue weighted by Crippen LogP contribution is -2.17. The predicted octanol–water partition coefficient (Wildman–Crippen LogP) is 2.60. The minimum atomic E-state index is 0.746. The van der Waals surface area contributed by atoms with Crippen molar-refractivity contribution in [3.63, 3.8) is 0 Å². The molecule has 0 aliphatic carbocycles. The summed E-state index contributed by atoms with van der Waals surface area (Å²) in [5, 5.41) is 7.72. The average Bonchev–Trinajstić information content (AvgIpc) is 2.44. The molecule has 1 aromatic heterocycles. The molecular formula is C10H17BrClN3. The van der Waals surface area contributed by atoms with Crippen molar-refractivity contribution >= 4 is 27.5 Å². The number of halogens is 2. The molecule has 0 bridgehead atoms. The summed E-state index contributed by atoms with van der Waals surface area (Å²) in [6, 6.07) is 0. The lowest BCUT2D eigenvalue weighted by atomic mass is 10.3. The van der Waals surface area contributed by atoms with E-state index in [1.165, 1.54) is 5.69 Å². The molecule has 15 heavy (non-hydrogen) atoms. The molecule has 0 unspecified atom stereocenters. The molecule has 3 nitrogen and oxygen atoms in total. The van der Waals surface area contributed by atoms with Crippen LogP contribution in [0.3, 0.4) is 0 Å². The molecule has 0 aliphatic heterocycles. The first-order chi connectivity index (χ1) is 7.16. The molecule has 0 fully saturated rings. The zero-order valence-corrected chi connectivity index (χ0v) is 11.5. The summed E-state index contributed by atoms with van der Waals surface area (Å²) in [5.74, 6) is 0.746. The lowest BCUT2D eigenvalue weighted by Gasteiger charge is -2.05. The summed E-state index contributed by atoms with van der Waals surface area (Å²) in [7, 11) is 1.97. The maximum absolute atomic E-state index is 5.60. The standard InChI is InChI=1S/C10H17BrClN3/c1-8-10(11)9(15(2)14-8)7-13-6-4-3-5-12/h13H,3-7H2,1-2H3. The third-order valence-electron chi connectivity index (χ3n) is 2.29. The third-order valence-corrected chi connectivity index (χ3v) is 3.59. The molecule has 0 saturated heterocycles. The number of unbranched alkanes of at least 4 members (excludes halogenated alkanes) is 1. The van der Waals surface area contributed by atoms with Gasteiger partial charge in [-0.2, -0.15) is 5.10 Å². The molecule has 0 amide bonds. The minimum absolute atomic E-state index is 0.746. The van der Waals surface area contributed by atoms with E-state index in [0.717, 1.165) is 42.0 Å². The predicted molar refractivity (Wildman–Crippen MR) is 67.3 cm³/mol. The average molecular weight is 295 g/mol. The quantitative estimate of drug-likeness (QED) is 0.645. The highest BCUT2D eigenvalue weighted by Gasteiger charge is 2.09. The monoisotopic (exact) mass is 293 g/mol. The van der Waals surface area contributed by atoms with Crippen LogP contribution >= 0.6 is 27.5 Å². The van der Waals surface area contributed by atoms with E-state index in [1.807, 2.05) is 18.7 Å². The third kappa shape index (κ3) is 3.78. The van der Waals surface area contributed by atoms with Gasteiger partial charge in [0, 0.05) is 19.5 Å². The van der Waals surface area contributed by atoms with Crippen LogP contribution in [0.25, 0.3) is 0 Å². The lowest BCUT2D eigenvalue weighted by molar-refractivity contribution is 0.601. The normalized spacial score (nSPS) is 10.9. The largest absolute Gasteiger partial charge is 0.311 e. The zero-order valence-electron chi connectivity index (χ0n) is 9.19. The van der Waals surface area contributed by atoms with Gasteiger partial charge in [0.05, 0.1) is 15.9 Å². The van der Waals surface area contributed by atoms with Crippen LogP contribution in [0.5, 0.6) is 0 Å². The minimum Gasteiger partial charge on any atom is -0.311 e. The van der Waals surface area contributed by atoms with Gasteiger partial charge in [-0.3, -0.25) is 4.68 Å². The molecule has 0 aromatic carbocycles. The molecular weight excluding hydrogens is 277 g/mol. The van der Waals surface area contributed by atoms with Gasteiger partial charge in [-0.05, 0) is 42.2 Å². The summed E-state index contributed by atoms with van der Waals surface area (Å²) < 4.78 is 3.02. The molecule has 1 N–H and O–H groups in total. The van der Waals surface area contributed by atoms with Crippen LogP contribution in [-0.2, 0) is 13.6 Å². The van der Waals surface area contributed by atoms with E-state index in [4.69, 9.17) is 11.6 Å². The Labute approximate surface area is 104 Å². The van der Waals surface area contributed by atoms with Gasteiger partial charge in [-0.1, -0.05) is 0 Å². The van der Waals surface area contributed by atoms with Gasteiger partial charge >= 0.3 is 0 Å². The Kier molecular flexibility index (Phi) is 5.64. The van der Waals surface area contributed by atoms with E-state index in [-0.39, 0.29) is 0 Å². The highest BCUT2D eigenvalue weighted by atomic mass is 79.9. The van der Waals surface area contributed by atoms with Crippen molar-refractivity contribution in [2.24, 2.45) is 7.05 Å². The van der Waals surface area contributed by atoms with E-state index in [2.05, 4.69) is 26.3 Å². The Morgan fingerprint density at radius 3 is 2.73 bits per heavy atom. The van der Waals surface area contributed by atoms with Crippen molar-refractivity contribution < 1.29 is 0 Å². The van der Waals surface area contributed by atoms with Gasteiger partial charge < -0.3 is 5.32 Å². The van der Waals surface area contributed by atoms with Gasteiger partial charge in [0.1, 0.15) is 0 Å². The Bertz CT molecular complexity index is 312. The Balaban J connectivity index is 2.37. The van der Waals surface area contributed by atoms with E-state index < -0.39 is 0 Å². The Morgan fingerprint density at radius 2 is 2.20 bits per heavy atom. The van der Waals surface area contributed by atoms with Crippen LogP contribution in [-0.4, -0.2) is 22.2 Å². The zero-order chi connectivity index (χ0) is 11.3. The van der Waals surface area contributed by atoms with Crippen molar-refractivity contribution in [3.8, 4) is 0 Å². The number of alkyl halides is 1. The van der Waals surface area contributed by atoms with Crippen molar-refractivity contribution in [1.82, 2.24) is 15.1 Å². The maximum Gasteiger partial charge on any atom is 0.0739 e. The molecule has 0 spiro atoms. The highest BCUT2D eigenvalue weighted by Crippen LogP contribution is 2.19. The number of hydrogen-bond donors (Lipinski definition) is 1. The second kappa shape index (κ2) is 6.51. The van der Waals surface area contributed by atoms with Gasteiger partial charge in [0.25, 0.3) is 0 Å². The van der Waals surface area contributed by atoms with Crippen LogP contribution in [0.15, 0.2) is 4.47 Å². The number of nitrogens with zero attached hydrogens (tertiary/aromatic N) is 2. The number of aromatic nitrogens is 2. The number of rotatable bonds is 6. The fraction of sp³-hybridized carbons (Fsp3) is 0.700. The molecule has 0 atom stereocenters. The summed E-state index contributed by atoms with van der Waals surface area (Å²) in [6.45, 7) is 3.85. The first kappa shape index (κ1) is 13.0. The number of aryl methyl sites for hydroxylation is 2. The molecule has 1 aromatic rings. The van der Waals surface area contributed by atoms with E-state index in [1.54, 1.807) is 0 Å². The molecule has 0 saturated carbocycles. The van der Waals surface area contributed by atoms with E-state index in [9.17, 15) is 0 Å². The van der Waals surface area contributed by atoms with Crippen LogP contribution < -0.4 is 5.32 Å². The molecule has 1 rings (SSSR count). The molecule has 1 heterocycles. The summed E-state index contributed by atoms with van der Waals surface area (Å²) >= 11 is 9.14. The molecule has 86 valence electrons. The SMILES string of the molecule is Cc1nn(C)c(CNCCCCCl)c1Br. The smallest absolute Gasteiger partial charge is 0.0739 e. The maximum atomic E-state index is 5.60. The van der Waals surface area contributed by atoms with Crippen LogP contribution in [0, 0.1) is 6.92 Å². The topological polar surface area (TPSA) is 29.9 Å². The Hall–Kier alpha value is -0.0600. The van der Waals surface area contributed by atoms with Gasteiger partial charge in [0.15, 0.2) is 0 Å². The summed E-state index contributed by atoms with van der Waals surface area (Å²) in [5.41, 5.74) is 2.23. The van der Waals surface area contributed by atoms with Crippen LogP contribution in [0.2, 0.25) is 0 Å². The fourth-order valence-corrected chi connectivity index (χ4v) is 2.09. The van der Waals surface area contributed by atoms with Gasteiger partial charge in [-0.25, -0.2) is 0 Å². The van der Waals surface area contributed by atoms with Crippen molar-refractivity contribution in [2.75, 3.05) is 12.4 Å². The second-order valence-corrected chi connectivity index (χ2v) is 4.71. The molecule has 0 aliphatic rings. The first-order valence-corrected chi connectivity index (χ1v) is 6.44. The Morgan fingerprint density at radius 1 is 1.47 bits per heavy atom. The van der Waals surface area contributed by atoms with Gasteiger partial charge in [0.2, 0.25) is 0 Å². The van der Waals surface area contributed by atoms with Crippen LogP contribution in [0.4, 0.5) is 0 Å². The van der Waals surface area contributed by atoms with E-state index in [0.29, 0.717) is 0 Å². The first-order valence-electron chi connectivity index (χ1n) is 5.11. The van der Waals surface area contributed by atoms with E-state index >= 15 is 0 Å². The van der Waals surface area contributed by atoms with Crippen LogP contribution in [0.1, 0.15) is 24.2 Å². The second-order valence-electron chi connectivity index (χ2n) is 3.54. The summed E-state index contributed by atoms with van der Waals surface area (Å²) in [6.07, 6.45) is 2.19. The van der Waals surface area contributed by atoms with Crippen molar-refractivity contribution in [1.29, 1.82) is 0 Å². The van der Waals surface area contributed by atoms with Crippen molar-refractivity contribution in [3.05, 3.63) is 15.9 Å².